The van der Waals surface area contributed by atoms with Crippen molar-refractivity contribution in [3.8, 4) is 0 Å². The standard InChI is InChI=1S/C33H37Cl2N3O6S/c34-23-12-7-13-24(35)28(23)31-29(32(40)41)25(36-26(30(31)33(42)43)20-45(44)22-10-5-2-6-11-22)18-27(39)38-16-14-37(15-17-38)19-21-8-3-1-4-9-21/h2,5-7,10-13,21,31,36H,1,3-4,8-9,14-20H2,(H,40,41)(H,42,43)/t31?,45-/m0/s1. The molecule has 0 aromatic heterocycles. The number of benzene rings is 2. The molecule has 3 N–H and O–H groups in total. The number of hydrogen-bond acceptors (Lipinski definition) is 6. The number of piperazine rings is 1. The lowest BCUT2D eigenvalue weighted by molar-refractivity contribution is -0.133. The van der Waals surface area contributed by atoms with Gasteiger partial charge in [0.15, 0.2) is 10.6 Å². The van der Waals surface area contributed by atoms with Gasteiger partial charge in [-0.3, -0.25) is 9.69 Å². The number of nitrogens with zero attached hydrogens (tertiary/aromatic N) is 2. The third-order valence-electron chi connectivity index (χ3n) is 8.85. The zero-order valence-corrected chi connectivity index (χ0v) is 27.2. The topological polar surface area (TPSA) is 133 Å². The molecule has 1 aliphatic carbocycles. The van der Waals surface area contributed by atoms with Crippen molar-refractivity contribution in [2.75, 3.05) is 38.5 Å². The summed E-state index contributed by atoms with van der Waals surface area (Å²) >= 11 is 11.4. The van der Waals surface area contributed by atoms with Gasteiger partial charge in [0.2, 0.25) is 5.91 Å². The maximum atomic E-state index is 13.7. The van der Waals surface area contributed by atoms with Crippen LogP contribution in [0.4, 0.5) is 0 Å². The van der Waals surface area contributed by atoms with Crippen LogP contribution in [-0.4, -0.2) is 80.9 Å². The summed E-state index contributed by atoms with van der Waals surface area (Å²) < 4.78 is 13.4. The average Bonchev–Trinajstić information content (AvgIpc) is 3.02. The van der Waals surface area contributed by atoms with Gasteiger partial charge in [-0.05, 0) is 54.2 Å². The van der Waals surface area contributed by atoms with Crippen LogP contribution in [0.5, 0.6) is 0 Å². The number of dihydropyridines is 1. The van der Waals surface area contributed by atoms with Crippen molar-refractivity contribution in [2.45, 2.75) is 49.3 Å². The molecule has 1 saturated heterocycles. The highest BCUT2D eigenvalue weighted by Crippen LogP contribution is 2.45. The molecule has 12 heteroatoms. The maximum Gasteiger partial charge on any atom is 0.334 e. The van der Waals surface area contributed by atoms with Crippen molar-refractivity contribution in [2.24, 2.45) is 5.92 Å². The van der Waals surface area contributed by atoms with Gasteiger partial charge < -0.3 is 25.0 Å². The molecule has 2 aliphatic heterocycles. The minimum absolute atomic E-state index is 0.0307. The third kappa shape index (κ3) is 7.86. The lowest BCUT2D eigenvalue weighted by Crippen LogP contribution is -2.50. The fourth-order valence-corrected chi connectivity index (χ4v) is 8.34. The molecule has 2 aromatic rings. The van der Waals surface area contributed by atoms with Crippen molar-refractivity contribution in [1.29, 1.82) is 0 Å². The molecular formula is C33H37Cl2N3O6S. The summed E-state index contributed by atoms with van der Waals surface area (Å²) in [5, 5.41) is 24.0. The SMILES string of the molecule is O=C(O)C1=C(CC(=O)N2CCN(CC3CCCCC3)CC2)NC(C[S@+]([O-])c2ccccc2)=C(C(=O)O)C1c1c(Cl)cccc1Cl. The summed E-state index contributed by atoms with van der Waals surface area (Å²) in [7, 11) is 0. The number of nitrogens with one attached hydrogen (secondary N) is 1. The summed E-state index contributed by atoms with van der Waals surface area (Å²) in [5.74, 6) is -4.08. The first-order chi connectivity index (χ1) is 21.6. The Morgan fingerprint density at radius 2 is 1.44 bits per heavy atom. The molecule has 240 valence electrons. The van der Waals surface area contributed by atoms with E-state index in [0.717, 1.165) is 19.6 Å². The van der Waals surface area contributed by atoms with Crippen molar-refractivity contribution < 1.29 is 29.1 Å². The zero-order chi connectivity index (χ0) is 32.1. The summed E-state index contributed by atoms with van der Waals surface area (Å²) in [5.41, 5.74) is -0.500. The fourth-order valence-electron chi connectivity index (χ4n) is 6.61. The molecule has 3 aliphatic rings. The third-order valence-corrected chi connectivity index (χ3v) is 10.9. The zero-order valence-electron chi connectivity index (χ0n) is 24.8. The highest BCUT2D eigenvalue weighted by molar-refractivity contribution is 7.91. The first-order valence-electron chi connectivity index (χ1n) is 15.2. The maximum absolute atomic E-state index is 13.7. The molecule has 1 amide bonds. The van der Waals surface area contributed by atoms with E-state index in [4.69, 9.17) is 23.2 Å². The van der Waals surface area contributed by atoms with E-state index in [2.05, 4.69) is 10.2 Å². The van der Waals surface area contributed by atoms with Gasteiger partial charge in [-0.15, -0.1) is 0 Å². The molecule has 0 bridgehead atoms. The number of carboxylic acid groups (broad SMARTS) is 2. The Kier molecular flexibility index (Phi) is 11.1. The largest absolute Gasteiger partial charge is 0.611 e. The molecule has 2 aromatic carbocycles. The molecule has 1 saturated carbocycles. The number of carbonyl (C=O) groups is 3. The Bertz CT molecular complexity index is 1470. The molecule has 1 unspecified atom stereocenters. The van der Waals surface area contributed by atoms with Gasteiger partial charge in [-0.1, -0.05) is 66.7 Å². The van der Waals surface area contributed by atoms with Gasteiger partial charge in [0, 0.05) is 54.0 Å². The number of carbonyl (C=O) groups excluding carboxylic acids is 1. The molecule has 9 nitrogen and oxygen atoms in total. The highest BCUT2D eigenvalue weighted by atomic mass is 35.5. The first kappa shape index (κ1) is 33.3. The van der Waals surface area contributed by atoms with Crippen LogP contribution in [0.25, 0.3) is 0 Å². The Morgan fingerprint density at radius 1 is 0.844 bits per heavy atom. The van der Waals surface area contributed by atoms with E-state index in [1.807, 2.05) is 0 Å². The van der Waals surface area contributed by atoms with E-state index >= 15 is 0 Å². The predicted molar refractivity (Wildman–Crippen MR) is 174 cm³/mol. The van der Waals surface area contributed by atoms with Crippen molar-refractivity contribution in [1.82, 2.24) is 15.1 Å². The second-order valence-corrected chi connectivity index (χ2v) is 14.0. The van der Waals surface area contributed by atoms with Gasteiger partial charge in [-0.25, -0.2) is 9.59 Å². The van der Waals surface area contributed by atoms with Crippen LogP contribution in [0.15, 0.2) is 76.0 Å². The van der Waals surface area contributed by atoms with Crippen LogP contribution < -0.4 is 5.32 Å². The normalized spacial score (nSPS) is 20.6. The number of aliphatic carboxylic acids is 2. The van der Waals surface area contributed by atoms with E-state index in [-0.39, 0.29) is 56.2 Å². The Hall–Kier alpha value is -3.02. The molecular weight excluding hydrogens is 637 g/mol. The average molecular weight is 675 g/mol. The van der Waals surface area contributed by atoms with Crippen molar-refractivity contribution in [3.63, 3.8) is 0 Å². The summed E-state index contributed by atoms with van der Waals surface area (Å²) in [6.45, 7) is 3.54. The second-order valence-electron chi connectivity index (χ2n) is 11.8. The Labute approximate surface area is 276 Å². The van der Waals surface area contributed by atoms with Crippen LogP contribution in [0.1, 0.15) is 50.0 Å². The number of carboxylic acids is 2. The molecule has 5 rings (SSSR count). The number of halogens is 2. The smallest absolute Gasteiger partial charge is 0.334 e. The van der Waals surface area contributed by atoms with E-state index in [9.17, 15) is 29.1 Å². The van der Waals surface area contributed by atoms with E-state index in [1.165, 1.54) is 44.2 Å². The minimum atomic E-state index is -1.68. The predicted octanol–water partition coefficient (Wildman–Crippen LogP) is 5.28. The molecule has 2 fully saturated rings. The van der Waals surface area contributed by atoms with Crippen LogP contribution in [0, 0.1) is 5.92 Å². The van der Waals surface area contributed by atoms with Crippen LogP contribution in [0.2, 0.25) is 10.0 Å². The lowest BCUT2D eigenvalue weighted by Gasteiger charge is -2.38. The quantitative estimate of drug-likeness (QED) is 0.290. The van der Waals surface area contributed by atoms with Crippen molar-refractivity contribution >= 4 is 52.2 Å². The number of hydrogen-bond donors (Lipinski definition) is 3. The van der Waals surface area contributed by atoms with Crippen molar-refractivity contribution in [3.05, 3.63) is 86.7 Å². The number of rotatable bonds is 10. The van der Waals surface area contributed by atoms with Gasteiger partial charge in [0.1, 0.15) is 0 Å². The summed E-state index contributed by atoms with van der Waals surface area (Å²) in [6.07, 6.45) is 6.04. The van der Waals surface area contributed by atoms with Crippen LogP contribution >= 0.6 is 23.2 Å². The Morgan fingerprint density at radius 3 is 2.04 bits per heavy atom. The first-order valence-corrected chi connectivity index (χ1v) is 17.3. The Balaban J connectivity index is 1.45. The second kappa shape index (κ2) is 15.0. The van der Waals surface area contributed by atoms with Gasteiger partial charge in [0.25, 0.3) is 0 Å². The molecule has 2 atom stereocenters. The molecule has 2 heterocycles. The van der Waals surface area contributed by atoms with E-state index in [0.29, 0.717) is 23.9 Å². The highest BCUT2D eigenvalue weighted by Gasteiger charge is 2.42. The summed E-state index contributed by atoms with van der Waals surface area (Å²) in [4.78, 5) is 44.0. The monoisotopic (exact) mass is 673 g/mol. The summed E-state index contributed by atoms with van der Waals surface area (Å²) in [6, 6.07) is 13.1. The van der Waals surface area contributed by atoms with Crippen LogP contribution in [0.3, 0.4) is 0 Å². The molecule has 45 heavy (non-hydrogen) atoms. The fraction of sp³-hybridized carbons (Fsp3) is 0.424. The number of amides is 1. The van der Waals surface area contributed by atoms with Gasteiger partial charge in [0.05, 0.1) is 29.2 Å². The van der Waals surface area contributed by atoms with Gasteiger partial charge >= 0.3 is 11.9 Å². The lowest BCUT2D eigenvalue weighted by atomic mass is 9.79. The minimum Gasteiger partial charge on any atom is -0.611 e. The van der Waals surface area contributed by atoms with E-state index < -0.39 is 29.0 Å². The van der Waals surface area contributed by atoms with Gasteiger partial charge in [-0.2, -0.15) is 0 Å². The molecule has 0 radical (unpaired) electrons. The molecule has 0 spiro atoms. The van der Waals surface area contributed by atoms with E-state index in [1.54, 1.807) is 41.3 Å². The van der Waals surface area contributed by atoms with Crippen LogP contribution in [-0.2, 0) is 25.6 Å².